The first-order valence-corrected chi connectivity index (χ1v) is 7.54. The molecule has 0 radical (unpaired) electrons. The van der Waals surface area contributed by atoms with Crippen molar-refractivity contribution >= 4 is 23.2 Å². The van der Waals surface area contributed by atoms with Crippen LogP contribution < -0.4 is 15.0 Å². The van der Waals surface area contributed by atoms with E-state index in [2.05, 4.69) is 5.32 Å². The van der Waals surface area contributed by atoms with Gasteiger partial charge in [0.05, 0.1) is 11.4 Å². The van der Waals surface area contributed by atoms with Crippen LogP contribution in [0, 0.1) is 0 Å². The number of rotatable bonds is 4. The van der Waals surface area contributed by atoms with Crippen molar-refractivity contribution < 1.29 is 14.3 Å². The summed E-state index contributed by atoms with van der Waals surface area (Å²) in [5.41, 5.74) is 2.57. The minimum Gasteiger partial charge on any atom is -0.484 e. The Morgan fingerprint density at radius 2 is 1.91 bits per heavy atom. The van der Waals surface area contributed by atoms with Crippen LogP contribution >= 0.6 is 0 Å². The summed E-state index contributed by atoms with van der Waals surface area (Å²) >= 11 is 0. The van der Waals surface area contributed by atoms with Gasteiger partial charge in [-0.1, -0.05) is 30.3 Å². The van der Waals surface area contributed by atoms with E-state index < -0.39 is 0 Å². The molecule has 118 valence electrons. The molecule has 2 aromatic carbocycles. The Hall–Kier alpha value is -2.82. The van der Waals surface area contributed by atoms with Crippen LogP contribution in [0.4, 0.5) is 11.4 Å². The lowest BCUT2D eigenvalue weighted by Crippen LogP contribution is -2.39. The third kappa shape index (κ3) is 3.18. The average molecular weight is 310 g/mol. The number of hydrogen-bond acceptors (Lipinski definition) is 4. The first-order valence-electron chi connectivity index (χ1n) is 7.54. The molecule has 0 saturated carbocycles. The Labute approximate surface area is 134 Å². The number of amides is 2. The summed E-state index contributed by atoms with van der Waals surface area (Å²) in [6.07, 6.45) is 0.892. The fraction of sp³-hybridized carbons (Fsp3) is 0.222. The van der Waals surface area contributed by atoms with Gasteiger partial charge in [-0.3, -0.25) is 9.59 Å². The summed E-state index contributed by atoms with van der Waals surface area (Å²) in [4.78, 5) is 25.7. The van der Waals surface area contributed by atoms with Crippen molar-refractivity contribution in [1.29, 1.82) is 0 Å². The molecule has 5 heteroatoms. The summed E-state index contributed by atoms with van der Waals surface area (Å²) in [6.45, 7) is 2.01. The molecule has 2 aromatic rings. The molecule has 1 aliphatic heterocycles. The van der Waals surface area contributed by atoms with Crippen LogP contribution in [0.2, 0.25) is 0 Å². The Bertz CT molecular complexity index is 728. The predicted molar refractivity (Wildman–Crippen MR) is 88.7 cm³/mol. The highest BCUT2D eigenvalue weighted by atomic mass is 16.5. The molecule has 0 spiro atoms. The van der Waals surface area contributed by atoms with E-state index >= 15 is 0 Å². The van der Waals surface area contributed by atoms with Gasteiger partial charge in [-0.2, -0.15) is 0 Å². The third-order valence-electron chi connectivity index (χ3n) is 3.74. The highest BCUT2D eigenvalue weighted by molar-refractivity contribution is 6.16. The molecule has 0 saturated heterocycles. The zero-order chi connectivity index (χ0) is 16.2. The second-order valence-electron chi connectivity index (χ2n) is 5.34. The molecule has 0 unspecified atom stereocenters. The molecule has 0 atom stereocenters. The maximum atomic E-state index is 12.5. The smallest absolute Gasteiger partial charge is 0.271 e. The number of ether oxygens (including phenoxy) is 1. The summed E-state index contributed by atoms with van der Waals surface area (Å²) < 4.78 is 5.48. The van der Waals surface area contributed by atoms with Crippen LogP contribution in [0.3, 0.4) is 0 Å². The maximum Gasteiger partial charge on any atom is 0.271 e. The Morgan fingerprint density at radius 3 is 2.65 bits per heavy atom. The molecule has 1 aliphatic rings. The fourth-order valence-corrected chi connectivity index (χ4v) is 2.71. The van der Waals surface area contributed by atoms with Gasteiger partial charge in [0.1, 0.15) is 5.75 Å². The lowest BCUT2D eigenvalue weighted by atomic mass is 10.1. The molecular formula is C18H18N2O3. The quantitative estimate of drug-likeness (QED) is 0.943. The zero-order valence-corrected chi connectivity index (χ0v) is 12.9. The number of imide groups is 1. The fourth-order valence-electron chi connectivity index (χ4n) is 2.71. The molecule has 0 bridgehead atoms. The standard InChI is InChI=1S/C18H18N2O3/c1-13(21)20(16-9-5-6-14-10-11-19-18(14)16)17(22)12-23-15-7-3-2-4-8-15/h2-9,19H,10-12H2,1H3. The predicted octanol–water partition coefficient (Wildman–Crippen LogP) is 2.61. The van der Waals surface area contributed by atoms with Gasteiger partial charge >= 0.3 is 0 Å². The van der Waals surface area contributed by atoms with Crippen molar-refractivity contribution in [2.45, 2.75) is 13.3 Å². The third-order valence-corrected chi connectivity index (χ3v) is 3.74. The number of carbonyl (C=O) groups excluding carboxylic acids is 2. The second kappa shape index (κ2) is 6.52. The van der Waals surface area contributed by atoms with E-state index in [0.717, 1.165) is 24.2 Å². The first kappa shape index (κ1) is 15.1. The molecule has 23 heavy (non-hydrogen) atoms. The van der Waals surface area contributed by atoms with Gasteiger partial charge in [0.2, 0.25) is 5.91 Å². The minimum atomic E-state index is -0.386. The minimum absolute atomic E-state index is 0.187. The number of hydrogen-bond donors (Lipinski definition) is 1. The van der Waals surface area contributed by atoms with Crippen molar-refractivity contribution in [2.24, 2.45) is 0 Å². The van der Waals surface area contributed by atoms with Gasteiger partial charge in [0, 0.05) is 13.5 Å². The van der Waals surface area contributed by atoms with E-state index in [1.807, 2.05) is 30.3 Å². The van der Waals surface area contributed by atoms with E-state index in [-0.39, 0.29) is 18.4 Å². The van der Waals surface area contributed by atoms with E-state index in [9.17, 15) is 9.59 Å². The highest BCUT2D eigenvalue weighted by Gasteiger charge is 2.26. The van der Waals surface area contributed by atoms with E-state index in [1.54, 1.807) is 18.2 Å². The van der Waals surface area contributed by atoms with Crippen molar-refractivity contribution in [1.82, 2.24) is 0 Å². The number of nitrogens with zero attached hydrogens (tertiary/aromatic N) is 1. The van der Waals surface area contributed by atoms with Gasteiger partial charge in [0.15, 0.2) is 6.61 Å². The normalized spacial score (nSPS) is 12.2. The molecule has 2 amide bonds. The van der Waals surface area contributed by atoms with Gasteiger partial charge in [-0.05, 0) is 30.2 Å². The summed E-state index contributed by atoms with van der Waals surface area (Å²) in [7, 11) is 0. The van der Waals surface area contributed by atoms with Crippen LogP contribution in [0.25, 0.3) is 0 Å². The van der Waals surface area contributed by atoms with Gasteiger partial charge in [0.25, 0.3) is 5.91 Å². The summed E-state index contributed by atoms with van der Waals surface area (Å²) in [5.74, 6) is -0.113. The monoisotopic (exact) mass is 310 g/mol. The number of anilines is 2. The van der Waals surface area contributed by atoms with Crippen LogP contribution in [0.15, 0.2) is 48.5 Å². The number of para-hydroxylation sites is 2. The first-order chi connectivity index (χ1) is 11.2. The molecule has 1 N–H and O–H groups in total. The number of benzene rings is 2. The van der Waals surface area contributed by atoms with Crippen molar-refractivity contribution in [3.63, 3.8) is 0 Å². The van der Waals surface area contributed by atoms with E-state index in [4.69, 9.17) is 4.74 Å². The largest absolute Gasteiger partial charge is 0.484 e. The van der Waals surface area contributed by atoms with Crippen LogP contribution in [-0.4, -0.2) is 25.0 Å². The second-order valence-corrected chi connectivity index (χ2v) is 5.34. The van der Waals surface area contributed by atoms with Gasteiger partial charge in [-0.25, -0.2) is 4.90 Å². The van der Waals surface area contributed by atoms with E-state index in [0.29, 0.717) is 11.4 Å². The molecule has 1 heterocycles. The SMILES string of the molecule is CC(=O)N(C(=O)COc1ccccc1)c1cccc2c1NCC2. The summed E-state index contributed by atoms with van der Waals surface area (Å²) in [5, 5.41) is 3.25. The number of carbonyl (C=O) groups is 2. The Kier molecular flexibility index (Phi) is 4.28. The molecule has 0 aliphatic carbocycles. The number of nitrogens with one attached hydrogen (secondary N) is 1. The Balaban J connectivity index is 1.81. The Morgan fingerprint density at radius 1 is 1.13 bits per heavy atom. The molecule has 5 nitrogen and oxygen atoms in total. The maximum absolute atomic E-state index is 12.5. The average Bonchev–Trinajstić information content (AvgIpc) is 3.03. The topological polar surface area (TPSA) is 58.6 Å². The van der Waals surface area contributed by atoms with Crippen LogP contribution in [0.1, 0.15) is 12.5 Å². The van der Waals surface area contributed by atoms with Crippen molar-refractivity contribution in [3.05, 3.63) is 54.1 Å². The molecular weight excluding hydrogens is 292 g/mol. The summed E-state index contributed by atoms with van der Waals surface area (Å²) in [6, 6.07) is 14.7. The van der Waals surface area contributed by atoms with Crippen molar-refractivity contribution in [3.8, 4) is 5.75 Å². The van der Waals surface area contributed by atoms with Gasteiger partial charge < -0.3 is 10.1 Å². The van der Waals surface area contributed by atoms with Crippen LogP contribution in [-0.2, 0) is 16.0 Å². The van der Waals surface area contributed by atoms with Crippen molar-refractivity contribution in [2.75, 3.05) is 23.4 Å². The highest BCUT2D eigenvalue weighted by Crippen LogP contribution is 2.33. The zero-order valence-electron chi connectivity index (χ0n) is 12.9. The molecule has 0 aromatic heterocycles. The lowest BCUT2D eigenvalue weighted by molar-refractivity contribution is -0.126. The van der Waals surface area contributed by atoms with E-state index in [1.165, 1.54) is 11.8 Å². The lowest BCUT2D eigenvalue weighted by Gasteiger charge is -2.22. The van der Waals surface area contributed by atoms with Gasteiger partial charge in [-0.15, -0.1) is 0 Å². The van der Waals surface area contributed by atoms with Crippen LogP contribution in [0.5, 0.6) is 5.75 Å². The number of fused-ring (bicyclic) bond motifs is 1. The molecule has 0 fully saturated rings. The molecule has 3 rings (SSSR count).